The third-order valence-corrected chi connectivity index (χ3v) is 4.25. The fourth-order valence-corrected chi connectivity index (χ4v) is 3.03. The molecule has 5 nitrogen and oxygen atoms in total. The van der Waals surface area contributed by atoms with Crippen molar-refractivity contribution >= 4 is 11.8 Å². The van der Waals surface area contributed by atoms with E-state index in [9.17, 15) is 14.0 Å². The maximum Gasteiger partial charge on any atom is 0.260 e. The highest BCUT2D eigenvalue weighted by Crippen LogP contribution is 2.21. The van der Waals surface area contributed by atoms with Gasteiger partial charge in [0.05, 0.1) is 5.92 Å². The normalized spacial score (nSPS) is 14.5. The minimum Gasteiger partial charge on any atom is -0.481 e. The largest absolute Gasteiger partial charge is 0.481 e. The van der Waals surface area contributed by atoms with Gasteiger partial charge in [0.2, 0.25) is 5.91 Å². The van der Waals surface area contributed by atoms with E-state index >= 15 is 0 Å². The first-order chi connectivity index (χ1) is 12.3. The lowest BCUT2D eigenvalue weighted by atomic mass is 9.97. The monoisotopic (exact) mass is 364 g/mol. The molecule has 0 bridgehead atoms. The molecule has 1 aromatic rings. The van der Waals surface area contributed by atoms with Crippen LogP contribution in [0.1, 0.15) is 27.7 Å². The molecule has 1 saturated heterocycles. The van der Waals surface area contributed by atoms with Crippen LogP contribution in [0.3, 0.4) is 0 Å². The summed E-state index contributed by atoms with van der Waals surface area (Å²) in [6.07, 6.45) is 0. The predicted molar refractivity (Wildman–Crippen MR) is 98.2 cm³/mol. The number of rotatable bonds is 8. The average Bonchev–Trinajstić information content (AvgIpc) is 2.51. The van der Waals surface area contributed by atoms with Gasteiger partial charge in [-0.2, -0.15) is 0 Å². The van der Waals surface area contributed by atoms with Gasteiger partial charge in [0.25, 0.3) is 5.91 Å². The van der Waals surface area contributed by atoms with E-state index < -0.39 is 5.82 Å². The molecule has 1 aliphatic rings. The molecule has 1 aliphatic heterocycles. The number of ether oxygens (including phenoxy) is 1. The summed E-state index contributed by atoms with van der Waals surface area (Å²) >= 11 is 0. The van der Waals surface area contributed by atoms with Gasteiger partial charge >= 0.3 is 0 Å². The van der Waals surface area contributed by atoms with Crippen LogP contribution in [0.5, 0.6) is 5.75 Å². The van der Waals surface area contributed by atoms with Crippen LogP contribution in [0.2, 0.25) is 0 Å². The number of carbonyl (C=O) groups is 2. The first kappa shape index (κ1) is 20.2. The Morgan fingerprint density at radius 2 is 1.73 bits per heavy atom. The summed E-state index contributed by atoms with van der Waals surface area (Å²) in [6.45, 7) is 10.4. The summed E-state index contributed by atoms with van der Waals surface area (Å²) in [5, 5.41) is 0. The molecule has 144 valence electrons. The Bertz CT molecular complexity index is 617. The maximum absolute atomic E-state index is 13.5. The van der Waals surface area contributed by atoms with Crippen LogP contribution in [0, 0.1) is 23.6 Å². The first-order valence-corrected chi connectivity index (χ1v) is 9.21. The summed E-state index contributed by atoms with van der Waals surface area (Å²) in [7, 11) is 0. The van der Waals surface area contributed by atoms with Gasteiger partial charge in [0.1, 0.15) is 0 Å². The summed E-state index contributed by atoms with van der Waals surface area (Å²) in [5.74, 6) is 0.131. The molecule has 0 N–H and O–H groups in total. The van der Waals surface area contributed by atoms with Gasteiger partial charge in [-0.15, -0.1) is 0 Å². The minimum atomic E-state index is -0.491. The van der Waals surface area contributed by atoms with E-state index in [0.717, 1.165) is 13.1 Å². The van der Waals surface area contributed by atoms with Crippen LogP contribution in [-0.4, -0.2) is 54.4 Å². The second-order valence-electron chi connectivity index (χ2n) is 7.75. The zero-order valence-electron chi connectivity index (χ0n) is 16.1. The van der Waals surface area contributed by atoms with Gasteiger partial charge in [-0.3, -0.25) is 9.59 Å². The van der Waals surface area contributed by atoms with Gasteiger partial charge in [-0.1, -0.05) is 39.8 Å². The standard InChI is InChI=1S/C20H29FN2O3/c1-14(2)9-23(10-15(3)4)20(25)16-11-22(12-16)19(24)13-26-18-8-6-5-7-17(18)21/h5-8,14-16H,9-13H2,1-4H3. The predicted octanol–water partition coefficient (Wildman–Crippen LogP) is 2.80. The van der Waals surface area contributed by atoms with Crippen molar-refractivity contribution in [3.63, 3.8) is 0 Å². The Labute approximate surface area is 155 Å². The summed E-state index contributed by atoms with van der Waals surface area (Å²) in [5.41, 5.74) is 0. The van der Waals surface area contributed by atoms with Crippen LogP contribution in [-0.2, 0) is 9.59 Å². The van der Waals surface area contributed by atoms with E-state index in [4.69, 9.17) is 4.74 Å². The third kappa shape index (κ3) is 5.44. The van der Waals surface area contributed by atoms with Gasteiger partial charge in [-0.25, -0.2) is 4.39 Å². The van der Waals surface area contributed by atoms with Crippen LogP contribution >= 0.6 is 0 Å². The van der Waals surface area contributed by atoms with Crippen molar-refractivity contribution in [3.05, 3.63) is 30.1 Å². The van der Waals surface area contributed by atoms with Crippen molar-refractivity contribution in [1.29, 1.82) is 0 Å². The molecule has 0 aliphatic carbocycles. The van der Waals surface area contributed by atoms with Crippen LogP contribution in [0.25, 0.3) is 0 Å². The van der Waals surface area contributed by atoms with Crippen molar-refractivity contribution in [2.24, 2.45) is 17.8 Å². The molecule has 0 atom stereocenters. The highest BCUT2D eigenvalue weighted by Gasteiger charge is 2.38. The molecular weight excluding hydrogens is 335 g/mol. The Morgan fingerprint density at radius 1 is 1.15 bits per heavy atom. The number of benzene rings is 1. The Kier molecular flexibility index (Phi) is 7.00. The second-order valence-corrected chi connectivity index (χ2v) is 7.75. The molecule has 1 aromatic carbocycles. The number of hydrogen-bond donors (Lipinski definition) is 0. The SMILES string of the molecule is CC(C)CN(CC(C)C)C(=O)C1CN(C(=O)COc2ccccc2F)C1. The topological polar surface area (TPSA) is 49.9 Å². The zero-order valence-corrected chi connectivity index (χ0v) is 16.1. The molecular formula is C20H29FN2O3. The van der Waals surface area contributed by atoms with E-state index in [1.165, 1.54) is 12.1 Å². The molecule has 1 heterocycles. The Hall–Kier alpha value is -2.11. The van der Waals surface area contributed by atoms with Crippen molar-refractivity contribution in [3.8, 4) is 5.75 Å². The van der Waals surface area contributed by atoms with Gasteiger partial charge < -0.3 is 14.5 Å². The minimum absolute atomic E-state index is 0.0639. The molecule has 1 fully saturated rings. The van der Waals surface area contributed by atoms with Crippen molar-refractivity contribution in [2.75, 3.05) is 32.8 Å². The smallest absolute Gasteiger partial charge is 0.260 e. The number of para-hydroxylation sites is 1. The highest BCUT2D eigenvalue weighted by atomic mass is 19.1. The van der Waals surface area contributed by atoms with Crippen molar-refractivity contribution in [1.82, 2.24) is 9.80 Å². The quantitative estimate of drug-likeness (QED) is 0.713. The Balaban J connectivity index is 1.81. The lowest BCUT2D eigenvalue weighted by Gasteiger charge is -2.41. The van der Waals surface area contributed by atoms with Crippen LogP contribution in [0.15, 0.2) is 24.3 Å². The number of carbonyl (C=O) groups excluding carboxylic acids is 2. The lowest BCUT2D eigenvalue weighted by Crippen LogP contribution is -2.58. The molecule has 0 saturated carbocycles. The second kappa shape index (κ2) is 9.01. The van der Waals surface area contributed by atoms with Crippen molar-refractivity contribution < 1.29 is 18.7 Å². The number of hydrogen-bond acceptors (Lipinski definition) is 3. The number of halogens is 1. The molecule has 2 amide bonds. The van der Waals surface area contributed by atoms with Gasteiger partial charge in [0, 0.05) is 26.2 Å². The van der Waals surface area contributed by atoms with E-state index in [-0.39, 0.29) is 30.1 Å². The van der Waals surface area contributed by atoms with Crippen LogP contribution < -0.4 is 4.74 Å². The molecule has 6 heteroatoms. The highest BCUT2D eigenvalue weighted by molar-refractivity contribution is 5.85. The van der Waals surface area contributed by atoms with E-state index in [1.54, 1.807) is 17.0 Å². The first-order valence-electron chi connectivity index (χ1n) is 9.21. The zero-order chi connectivity index (χ0) is 19.3. The van der Waals surface area contributed by atoms with Crippen molar-refractivity contribution in [2.45, 2.75) is 27.7 Å². The fraction of sp³-hybridized carbons (Fsp3) is 0.600. The number of amides is 2. The Morgan fingerprint density at radius 3 is 2.27 bits per heavy atom. The molecule has 0 aromatic heterocycles. The maximum atomic E-state index is 13.5. The molecule has 26 heavy (non-hydrogen) atoms. The van der Waals surface area contributed by atoms with Crippen LogP contribution in [0.4, 0.5) is 4.39 Å². The summed E-state index contributed by atoms with van der Waals surface area (Å²) in [6, 6.07) is 5.99. The van der Waals surface area contributed by atoms with E-state index in [1.807, 2.05) is 4.90 Å². The third-order valence-electron chi connectivity index (χ3n) is 4.25. The average molecular weight is 364 g/mol. The van der Waals surface area contributed by atoms with Gasteiger partial charge in [0.15, 0.2) is 18.2 Å². The summed E-state index contributed by atoms with van der Waals surface area (Å²) < 4.78 is 18.7. The lowest BCUT2D eigenvalue weighted by molar-refractivity contribution is -0.150. The number of nitrogens with zero attached hydrogens (tertiary/aromatic N) is 2. The summed E-state index contributed by atoms with van der Waals surface area (Å²) in [4.78, 5) is 28.4. The molecule has 0 radical (unpaired) electrons. The fourth-order valence-electron chi connectivity index (χ4n) is 3.03. The number of likely N-dealkylation sites (tertiary alicyclic amines) is 1. The molecule has 0 spiro atoms. The molecule has 2 rings (SSSR count). The van der Waals surface area contributed by atoms with E-state index in [2.05, 4.69) is 27.7 Å². The molecule has 0 unspecified atom stereocenters. The van der Waals surface area contributed by atoms with E-state index in [0.29, 0.717) is 24.9 Å². The van der Waals surface area contributed by atoms with Gasteiger partial charge in [-0.05, 0) is 24.0 Å².